The third-order valence-corrected chi connectivity index (χ3v) is 4.62. The average Bonchev–Trinajstić information content (AvgIpc) is 2.75. The van der Waals surface area contributed by atoms with Gasteiger partial charge in [-0.2, -0.15) is 5.10 Å². The van der Waals surface area contributed by atoms with Crippen molar-refractivity contribution in [3.63, 3.8) is 0 Å². The maximum atomic E-state index is 12.2. The Morgan fingerprint density at radius 1 is 1.22 bits per heavy atom. The molecule has 1 aliphatic heterocycles. The first kappa shape index (κ1) is 17.9. The number of hydrogen-bond donors (Lipinski definition) is 2. The lowest BCUT2D eigenvalue weighted by molar-refractivity contribution is -0.131. The largest absolute Gasteiger partial charge is 0.394 e. The van der Waals surface area contributed by atoms with Gasteiger partial charge in [-0.25, -0.2) is 0 Å². The third-order valence-electron chi connectivity index (χ3n) is 4.62. The fourth-order valence-corrected chi connectivity index (χ4v) is 3.19. The van der Waals surface area contributed by atoms with Crippen LogP contribution in [0.3, 0.4) is 0 Å². The second kappa shape index (κ2) is 9.03. The summed E-state index contributed by atoms with van der Waals surface area (Å²) in [6, 6.07) is 0. The highest BCUT2D eigenvalue weighted by Crippen LogP contribution is 2.13. The minimum absolute atomic E-state index is 0.0964. The van der Waals surface area contributed by atoms with Crippen LogP contribution in [0.15, 0.2) is 0 Å². The quantitative estimate of drug-likeness (QED) is 0.744. The number of nitrogens with zero attached hydrogens (tertiary/aromatic N) is 3. The molecule has 2 rings (SSSR count). The summed E-state index contributed by atoms with van der Waals surface area (Å²) in [6.07, 6.45) is 5.34. The molecule has 1 aromatic rings. The molecule has 6 heteroatoms. The summed E-state index contributed by atoms with van der Waals surface area (Å²) in [5.74, 6) is 0.267. The first-order valence-corrected chi connectivity index (χ1v) is 8.75. The molecule has 0 bridgehead atoms. The van der Waals surface area contributed by atoms with Crippen LogP contribution in [0.1, 0.15) is 49.1 Å². The Hall–Kier alpha value is -1.40. The SMILES string of the molecule is Cc1nn(CCO)c(C)c1CNCCC(=O)N1CCCCCC1. The molecule has 0 spiro atoms. The zero-order chi connectivity index (χ0) is 16.7. The molecule has 0 saturated carbocycles. The van der Waals surface area contributed by atoms with Gasteiger partial charge in [0.2, 0.25) is 5.91 Å². The van der Waals surface area contributed by atoms with E-state index < -0.39 is 0 Å². The molecule has 23 heavy (non-hydrogen) atoms. The van der Waals surface area contributed by atoms with Crippen LogP contribution in [0.25, 0.3) is 0 Å². The summed E-state index contributed by atoms with van der Waals surface area (Å²) in [5.41, 5.74) is 3.24. The van der Waals surface area contributed by atoms with Gasteiger partial charge in [0.25, 0.3) is 0 Å². The van der Waals surface area contributed by atoms with Crippen molar-refractivity contribution in [2.24, 2.45) is 0 Å². The lowest BCUT2D eigenvalue weighted by Gasteiger charge is -2.20. The monoisotopic (exact) mass is 322 g/mol. The fourth-order valence-electron chi connectivity index (χ4n) is 3.19. The second-order valence-electron chi connectivity index (χ2n) is 6.32. The van der Waals surface area contributed by atoms with Crippen LogP contribution in [0.4, 0.5) is 0 Å². The number of aromatic nitrogens is 2. The summed E-state index contributed by atoms with van der Waals surface area (Å²) in [4.78, 5) is 14.2. The first-order valence-electron chi connectivity index (χ1n) is 8.75. The fraction of sp³-hybridized carbons (Fsp3) is 0.765. The van der Waals surface area contributed by atoms with E-state index in [-0.39, 0.29) is 12.5 Å². The lowest BCUT2D eigenvalue weighted by atomic mass is 10.2. The summed E-state index contributed by atoms with van der Waals surface area (Å²) in [5, 5.41) is 16.8. The molecule has 2 heterocycles. The Bertz CT molecular complexity index is 505. The Kier molecular flexibility index (Phi) is 7.05. The van der Waals surface area contributed by atoms with Crippen molar-refractivity contribution in [3.05, 3.63) is 17.0 Å². The van der Waals surface area contributed by atoms with E-state index in [1.807, 2.05) is 23.4 Å². The normalized spacial score (nSPS) is 15.7. The molecule has 6 nitrogen and oxygen atoms in total. The van der Waals surface area contributed by atoms with E-state index in [1.165, 1.54) is 18.4 Å². The van der Waals surface area contributed by atoms with E-state index in [9.17, 15) is 4.79 Å². The summed E-state index contributed by atoms with van der Waals surface area (Å²) in [6.45, 7) is 7.89. The van der Waals surface area contributed by atoms with Crippen molar-refractivity contribution < 1.29 is 9.90 Å². The number of nitrogens with one attached hydrogen (secondary N) is 1. The minimum atomic E-state index is 0.0964. The van der Waals surface area contributed by atoms with Gasteiger partial charge in [-0.3, -0.25) is 9.48 Å². The van der Waals surface area contributed by atoms with Gasteiger partial charge >= 0.3 is 0 Å². The molecule has 1 fully saturated rings. The number of aliphatic hydroxyl groups is 1. The molecule has 0 aromatic carbocycles. The second-order valence-corrected chi connectivity index (χ2v) is 6.32. The molecule has 130 valence electrons. The predicted molar refractivity (Wildman–Crippen MR) is 90.2 cm³/mol. The van der Waals surface area contributed by atoms with Crippen molar-refractivity contribution in [2.45, 2.75) is 59.0 Å². The molecule has 0 radical (unpaired) electrons. The number of likely N-dealkylation sites (tertiary alicyclic amines) is 1. The highest BCUT2D eigenvalue weighted by molar-refractivity contribution is 5.76. The van der Waals surface area contributed by atoms with Gasteiger partial charge in [-0.15, -0.1) is 0 Å². The number of hydrogen-bond acceptors (Lipinski definition) is 4. The van der Waals surface area contributed by atoms with Crippen LogP contribution >= 0.6 is 0 Å². The van der Waals surface area contributed by atoms with E-state index in [0.717, 1.165) is 43.9 Å². The number of carbonyl (C=O) groups is 1. The van der Waals surface area contributed by atoms with Crippen LogP contribution in [0, 0.1) is 13.8 Å². The number of carbonyl (C=O) groups excluding carboxylic acids is 1. The molecule has 0 unspecified atom stereocenters. The summed E-state index contributed by atoms with van der Waals surface area (Å²) >= 11 is 0. The highest BCUT2D eigenvalue weighted by Gasteiger charge is 2.15. The topological polar surface area (TPSA) is 70.4 Å². The van der Waals surface area contributed by atoms with Crippen molar-refractivity contribution in [1.82, 2.24) is 20.0 Å². The van der Waals surface area contributed by atoms with Crippen LogP contribution in [-0.4, -0.2) is 51.9 Å². The van der Waals surface area contributed by atoms with Gasteiger partial charge in [0, 0.05) is 43.9 Å². The van der Waals surface area contributed by atoms with Gasteiger partial charge < -0.3 is 15.3 Å². The zero-order valence-corrected chi connectivity index (χ0v) is 14.5. The molecule has 1 aliphatic rings. The molecule has 1 aromatic heterocycles. The van der Waals surface area contributed by atoms with Crippen molar-refractivity contribution in [2.75, 3.05) is 26.2 Å². The molecular weight excluding hydrogens is 292 g/mol. The summed E-state index contributed by atoms with van der Waals surface area (Å²) in [7, 11) is 0. The van der Waals surface area contributed by atoms with Crippen LogP contribution in [0.5, 0.6) is 0 Å². The Labute approximate surface area is 138 Å². The number of amides is 1. The highest BCUT2D eigenvalue weighted by atomic mass is 16.3. The van der Waals surface area contributed by atoms with Crippen LogP contribution in [-0.2, 0) is 17.9 Å². The van der Waals surface area contributed by atoms with Gasteiger partial charge in [0.05, 0.1) is 18.8 Å². The summed E-state index contributed by atoms with van der Waals surface area (Å²) < 4.78 is 1.84. The van der Waals surface area contributed by atoms with Gasteiger partial charge in [0.1, 0.15) is 0 Å². The maximum absolute atomic E-state index is 12.2. The van der Waals surface area contributed by atoms with E-state index in [4.69, 9.17) is 5.11 Å². The molecule has 2 N–H and O–H groups in total. The number of aryl methyl sites for hydroxylation is 1. The van der Waals surface area contributed by atoms with Crippen LogP contribution < -0.4 is 5.32 Å². The van der Waals surface area contributed by atoms with E-state index in [1.54, 1.807) is 0 Å². The number of aliphatic hydroxyl groups excluding tert-OH is 1. The molecule has 0 aliphatic carbocycles. The Morgan fingerprint density at radius 2 is 1.91 bits per heavy atom. The smallest absolute Gasteiger partial charge is 0.223 e. The maximum Gasteiger partial charge on any atom is 0.223 e. The Balaban J connectivity index is 1.75. The standard InChI is InChI=1S/C17H30N4O2/c1-14-16(15(2)21(19-14)11-12-22)13-18-8-7-17(23)20-9-5-3-4-6-10-20/h18,22H,3-13H2,1-2H3. The Morgan fingerprint density at radius 3 is 2.57 bits per heavy atom. The van der Waals surface area contributed by atoms with Gasteiger partial charge in [-0.1, -0.05) is 12.8 Å². The van der Waals surface area contributed by atoms with E-state index >= 15 is 0 Å². The van der Waals surface area contributed by atoms with Crippen molar-refractivity contribution >= 4 is 5.91 Å². The van der Waals surface area contributed by atoms with Gasteiger partial charge in [-0.05, 0) is 26.7 Å². The molecular formula is C17H30N4O2. The minimum Gasteiger partial charge on any atom is -0.394 e. The van der Waals surface area contributed by atoms with E-state index in [2.05, 4.69) is 10.4 Å². The molecule has 0 atom stereocenters. The van der Waals surface area contributed by atoms with Crippen molar-refractivity contribution in [1.29, 1.82) is 0 Å². The first-order chi connectivity index (χ1) is 11.1. The lowest BCUT2D eigenvalue weighted by Crippen LogP contribution is -2.33. The third kappa shape index (κ3) is 5.04. The van der Waals surface area contributed by atoms with E-state index in [0.29, 0.717) is 19.5 Å². The van der Waals surface area contributed by atoms with Crippen molar-refractivity contribution in [3.8, 4) is 0 Å². The zero-order valence-electron chi connectivity index (χ0n) is 14.5. The van der Waals surface area contributed by atoms with Gasteiger partial charge in [0.15, 0.2) is 0 Å². The number of rotatable bonds is 7. The molecule has 1 saturated heterocycles. The van der Waals surface area contributed by atoms with Crippen LogP contribution in [0.2, 0.25) is 0 Å². The predicted octanol–water partition coefficient (Wildman–Crippen LogP) is 1.37. The average molecular weight is 322 g/mol. The molecule has 1 amide bonds.